The summed E-state index contributed by atoms with van der Waals surface area (Å²) >= 11 is 7.48. The van der Waals surface area contributed by atoms with E-state index in [2.05, 4.69) is 16.0 Å². The number of anilines is 2. The number of hydrogen-bond acceptors (Lipinski definition) is 8. The molecule has 4 aromatic carbocycles. The first-order chi connectivity index (χ1) is 23.2. The summed E-state index contributed by atoms with van der Waals surface area (Å²) in [6, 6.07) is 23.9. The van der Waals surface area contributed by atoms with E-state index in [0.29, 0.717) is 56.9 Å². The van der Waals surface area contributed by atoms with Crippen LogP contribution in [0.4, 0.5) is 11.4 Å². The van der Waals surface area contributed by atoms with Crippen LogP contribution in [0.2, 0.25) is 5.02 Å². The summed E-state index contributed by atoms with van der Waals surface area (Å²) in [6.45, 7) is 1.91. The van der Waals surface area contributed by atoms with Gasteiger partial charge in [0.25, 0.3) is 11.8 Å². The van der Waals surface area contributed by atoms with Gasteiger partial charge in [0.2, 0.25) is 5.91 Å². The Morgan fingerprint density at radius 2 is 1.46 bits per heavy atom. The fourth-order valence-corrected chi connectivity index (χ4v) is 5.77. The minimum atomic E-state index is -0.587. The first kappa shape index (κ1) is 35.7. The van der Waals surface area contributed by atoms with Gasteiger partial charge in [0.15, 0.2) is 11.5 Å². The number of halogens is 1. The number of hydrogen-bond donors (Lipinski definition) is 3. The van der Waals surface area contributed by atoms with Gasteiger partial charge in [0.05, 0.1) is 39.4 Å². The Kier molecular flexibility index (Phi) is 12.8. The standard InChI is InChI=1S/C36H36ClN3O7S/c1-6-33(36(43)39-27-19-24(37)15-16-29(27)44-2)48-26-14-10-13-25(20-26)38-35(42)28(40-34(41)22-11-8-7-9-12-22)17-23-18-31(46-4)32(47-5)21-30(23)45-3/h7-21,33H,6H2,1-5H3,(H,38,42)(H,39,43)(H,40,41)/b28-17+. The van der Waals surface area contributed by atoms with Gasteiger partial charge in [-0.3, -0.25) is 14.4 Å². The Morgan fingerprint density at radius 1 is 0.771 bits per heavy atom. The SMILES string of the molecule is CCC(Sc1cccc(NC(=O)/C(=C\c2cc(OC)c(OC)cc2OC)NC(=O)c2ccccc2)c1)C(=O)Nc1cc(Cl)ccc1OC. The summed E-state index contributed by atoms with van der Waals surface area (Å²) in [5, 5.41) is 8.50. The Labute approximate surface area is 288 Å². The lowest BCUT2D eigenvalue weighted by Crippen LogP contribution is -2.30. The molecule has 0 saturated carbocycles. The van der Waals surface area contributed by atoms with Crippen molar-refractivity contribution in [3.8, 4) is 23.0 Å². The highest BCUT2D eigenvalue weighted by Gasteiger charge is 2.21. The molecule has 3 N–H and O–H groups in total. The molecule has 0 heterocycles. The van der Waals surface area contributed by atoms with Crippen LogP contribution in [0.1, 0.15) is 29.3 Å². The van der Waals surface area contributed by atoms with Crippen molar-refractivity contribution in [2.24, 2.45) is 0 Å². The van der Waals surface area contributed by atoms with E-state index in [1.54, 1.807) is 78.9 Å². The third-order valence-corrected chi connectivity index (χ3v) is 8.61. The monoisotopic (exact) mass is 689 g/mol. The van der Waals surface area contributed by atoms with Gasteiger partial charge in [0.1, 0.15) is 17.2 Å². The molecule has 1 atom stereocenters. The van der Waals surface area contributed by atoms with Gasteiger partial charge in [-0.05, 0) is 67.1 Å². The van der Waals surface area contributed by atoms with Crippen LogP contribution in [0.5, 0.6) is 23.0 Å². The largest absolute Gasteiger partial charge is 0.496 e. The molecule has 12 heteroatoms. The fraction of sp³-hybridized carbons (Fsp3) is 0.194. The van der Waals surface area contributed by atoms with E-state index < -0.39 is 17.1 Å². The molecule has 0 aromatic heterocycles. The molecule has 0 aliphatic heterocycles. The van der Waals surface area contributed by atoms with Crippen LogP contribution < -0.4 is 34.9 Å². The van der Waals surface area contributed by atoms with Gasteiger partial charge in [0, 0.05) is 32.8 Å². The zero-order valence-corrected chi connectivity index (χ0v) is 28.7. The van der Waals surface area contributed by atoms with E-state index in [0.717, 1.165) is 4.90 Å². The molecule has 250 valence electrons. The van der Waals surface area contributed by atoms with Crippen LogP contribution in [0.3, 0.4) is 0 Å². The van der Waals surface area contributed by atoms with Crippen LogP contribution in [-0.4, -0.2) is 51.4 Å². The number of rotatable bonds is 14. The molecule has 1 unspecified atom stereocenters. The van der Waals surface area contributed by atoms with Gasteiger partial charge in [-0.25, -0.2) is 0 Å². The average Bonchev–Trinajstić information content (AvgIpc) is 3.10. The van der Waals surface area contributed by atoms with Crippen molar-refractivity contribution in [2.75, 3.05) is 39.1 Å². The van der Waals surface area contributed by atoms with Crippen LogP contribution in [0.25, 0.3) is 6.08 Å². The topological polar surface area (TPSA) is 124 Å². The molecule has 10 nitrogen and oxygen atoms in total. The van der Waals surface area contributed by atoms with Crippen molar-refractivity contribution in [2.45, 2.75) is 23.5 Å². The summed E-state index contributed by atoms with van der Waals surface area (Å²) in [6.07, 6.45) is 2.03. The number of ether oxygens (including phenoxy) is 4. The van der Waals surface area contributed by atoms with Crippen molar-refractivity contribution >= 4 is 58.5 Å². The van der Waals surface area contributed by atoms with Crippen LogP contribution in [-0.2, 0) is 9.59 Å². The van der Waals surface area contributed by atoms with E-state index in [1.807, 2.05) is 13.0 Å². The number of carbonyl (C=O) groups excluding carboxylic acids is 3. The smallest absolute Gasteiger partial charge is 0.272 e. The minimum absolute atomic E-state index is 0.0475. The van der Waals surface area contributed by atoms with E-state index in [-0.39, 0.29) is 11.6 Å². The van der Waals surface area contributed by atoms with Crippen molar-refractivity contribution in [1.82, 2.24) is 5.32 Å². The first-order valence-corrected chi connectivity index (χ1v) is 16.1. The van der Waals surface area contributed by atoms with Gasteiger partial charge in [-0.15, -0.1) is 11.8 Å². The van der Waals surface area contributed by atoms with Crippen molar-refractivity contribution in [1.29, 1.82) is 0 Å². The molecule has 0 saturated heterocycles. The van der Waals surface area contributed by atoms with Crippen molar-refractivity contribution < 1.29 is 33.3 Å². The predicted molar refractivity (Wildman–Crippen MR) is 190 cm³/mol. The molecule has 48 heavy (non-hydrogen) atoms. The van der Waals surface area contributed by atoms with Crippen molar-refractivity contribution in [3.05, 3.63) is 107 Å². The lowest BCUT2D eigenvalue weighted by atomic mass is 10.1. The summed E-state index contributed by atoms with van der Waals surface area (Å²) in [7, 11) is 6.00. The highest BCUT2D eigenvalue weighted by Crippen LogP contribution is 2.36. The molecular weight excluding hydrogens is 654 g/mol. The second kappa shape index (κ2) is 17.1. The molecule has 0 spiro atoms. The summed E-state index contributed by atoms with van der Waals surface area (Å²) in [4.78, 5) is 40.9. The summed E-state index contributed by atoms with van der Waals surface area (Å²) < 4.78 is 21.7. The predicted octanol–water partition coefficient (Wildman–Crippen LogP) is 7.29. The lowest BCUT2D eigenvalue weighted by Gasteiger charge is -2.17. The zero-order chi connectivity index (χ0) is 34.6. The number of benzene rings is 4. The number of methoxy groups -OCH3 is 4. The van der Waals surface area contributed by atoms with Gasteiger partial charge < -0.3 is 34.9 Å². The number of thioether (sulfide) groups is 1. The lowest BCUT2D eigenvalue weighted by molar-refractivity contribution is -0.116. The maximum absolute atomic E-state index is 13.8. The summed E-state index contributed by atoms with van der Waals surface area (Å²) in [5.41, 5.74) is 1.71. The molecule has 0 bridgehead atoms. The Bertz CT molecular complexity index is 1800. The van der Waals surface area contributed by atoms with Crippen molar-refractivity contribution in [3.63, 3.8) is 0 Å². The second-order valence-electron chi connectivity index (χ2n) is 10.2. The molecule has 3 amide bonds. The average molecular weight is 690 g/mol. The van der Waals surface area contributed by atoms with Crippen LogP contribution in [0.15, 0.2) is 95.5 Å². The molecule has 0 aliphatic carbocycles. The molecular formula is C36H36ClN3O7S. The van der Waals surface area contributed by atoms with Gasteiger partial charge >= 0.3 is 0 Å². The maximum atomic E-state index is 13.8. The van der Waals surface area contributed by atoms with E-state index in [4.69, 9.17) is 30.5 Å². The molecule has 0 aliphatic rings. The third kappa shape index (κ3) is 9.24. The zero-order valence-electron chi connectivity index (χ0n) is 27.1. The number of carbonyl (C=O) groups is 3. The molecule has 0 fully saturated rings. The van der Waals surface area contributed by atoms with Crippen LogP contribution >= 0.6 is 23.4 Å². The quantitative estimate of drug-likeness (QED) is 0.0932. The Morgan fingerprint density at radius 3 is 2.12 bits per heavy atom. The second-order valence-corrected chi connectivity index (χ2v) is 11.9. The van der Waals surface area contributed by atoms with Crippen LogP contribution in [0, 0.1) is 0 Å². The van der Waals surface area contributed by atoms with Gasteiger partial charge in [-0.1, -0.05) is 42.8 Å². The maximum Gasteiger partial charge on any atom is 0.272 e. The van der Waals surface area contributed by atoms with E-state index >= 15 is 0 Å². The highest BCUT2D eigenvalue weighted by atomic mass is 35.5. The first-order valence-electron chi connectivity index (χ1n) is 14.8. The van der Waals surface area contributed by atoms with E-state index in [9.17, 15) is 14.4 Å². The number of nitrogens with one attached hydrogen (secondary N) is 3. The molecule has 4 rings (SSSR count). The Hall–Kier alpha value is -5.13. The fourth-order valence-electron chi connectivity index (χ4n) is 4.59. The number of amides is 3. The van der Waals surface area contributed by atoms with E-state index in [1.165, 1.54) is 46.3 Å². The van der Waals surface area contributed by atoms with Gasteiger partial charge in [-0.2, -0.15) is 0 Å². The third-order valence-electron chi connectivity index (χ3n) is 7.02. The molecule has 4 aromatic rings. The highest BCUT2D eigenvalue weighted by molar-refractivity contribution is 8.00. The summed E-state index contributed by atoms with van der Waals surface area (Å²) in [5.74, 6) is 0.439. The molecule has 0 radical (unpaired) electrons. The minimum Gasteiger partial charge on any atom is -0.496 e. The normalized spacial score (nSPS) is 11.6. The Balaban J connectivity index is 1.59.